The molecule has 2 rings (SSSR count). The molecule has 0 fully saturated rings. The van der Waals surface area contributed by atoms with E-state index in [0.29, 0.717) is 6.61 Å². The first-order valence-electron chi connectivity index (χ1n) is 5.80. The largest absolute Gasteiger partial charge is 0.494 e. The van der Waals surface area contributed by atoms with E-state index in [1.807, 2.05) is 42.5 Å². The summed E-state index contributed by atoms with van der Waals surface area (Å²) < 4.78 is 10.8. The SMILES string of the molecule is NC(CCOc1ccccc1)Cc1ccco1. The van der Waals surface area contributed by atoms with Crippen molar-refractivity contribution in [3.8, 4) is 5.75 Å². The number of ether oxygens (including phenoxy) is 1. The Balaban J connectivity index is 1.68. The molecule has 3 heteroatoms. The van der Waals surface area contributed by atoms with Crippen molar-refractivity contribution < 1.29 is 9.15 Å². The number of para-hydroxylation sites is 1. The van der Waals surface area contributed by atoms with Gasteiger partial charge in [0.15, 0.2) is 0 Å². The molecule has 0 saturated heterocycles. The van der Waals surface area contributed by atoms with Gasteiger partial charge in [0.2, 0.25) is 0 Å². The van der Waals surface area contributed by atoms with Crippen LogP contribution in [-0.2, 0) is 6.42 Å². The van der Waals surface area contributed by atoms with Gasteiger partial charge in [-0.2, -0.15) is 0 Å². The molecule has 1 unspecified atom stereocenters. The third-order valence-corrected chi connectivity index (χ3v) is 2.54. The quantitative estimate of drug-likeness (QED) is 0.831. The zero-order valence-corrected chi connectivity index (χ0v) is 9.71. The Bertz CT molecular complexity index is 411. The van der Waals surface area contributed by atoms with E-state index in [9.17, 15) is 0 Å². The lowest BCUT2D eigenvalue weighted by molar-refractivity contribution is 0.294. The first kappa shape index (κ1) is 11.7. The van der Waals surface area contributed by atoms with Crippen LogP contribution in [0.25, 0.3) is 0 Å². The molecule has 0 bridgehead atoms. The topological polar surface area (TPSA) is 48.4 Å². The van der Waals surface area contributed by atoms with E-state index < -0.39 is 0 Å². The molecular weight excluding hydrogens is 214 g/mol. The molecule has 2 N–H and O–H groups in total. The lowest BCUT2D eigenvalue weighted by atomic mass is 10.1. The highest BCUT2D eigenvalue weighted by Crippen LogP contribution is 2.10. The summed E-state index contributed by atoms with van der Waals surface area (Å²) in [4.78, 5) is 0. The molecule has 2 aromatic rings. The molecule has 0 saturated carbocycles. The highest BCUT2D eigenvalue weighted by atomic mass is 16.5. The van der Waals surface area contributed by atoms with E-state index >= 15 is 0 Å². The predicted molar refractivity (Wildman–Crippen MR) is 66.9 cm³/mol. The molecule has 0 amide bonds. The van der Waals surface area contributed by atoms with Gasteiger partial charge in [0, 0.05) is 12.5 Å². The smallest absolute Gasteiger partial charge is 0.119 e. The van der Waals surface area contributed by atoms with Crippen LogP contribution in [0.1, 0.15) is 12.2 Å². The number of benzene rings is 1. The third-order valence-electron chi connectivity index (χ3n) is 2.54. The highest BCUT2D eigenvalue weighted by molar-refractivity contribution is 5.20. The van der Waals surface area contributed by atoms with Crippen LogP contribution in [0.5, 0.6) is 5.75 Å². The highest BCUT2D eigenvalue weighted by Gasteiger charge is 2.06. The zero-order chi connectivity index (χ0) is 11.9. The molecule has 1 heterocycles. The summed E-state index contributed by atoms with van der Waals surface area (Å²) in [5, 5.41) is 0. The molecule has 1 aromatic heterocycles. The summed E-state index contributed by atoms with van der Waals surface area (Å²) in [6.07, 6.45) is 3.24. The molecule has 0 spiro atoms. The fourth-order valence-electron chi connectivity index (χ4n) is 1.63. The fourth-order valence-corrected chi connectivity index (χ4v) is 1.63. The number of hydrogen-bond donors (Lipinski definition) is 1. The van der Waals surface area contributed by atoms with Gasteiger partial charge in [0.1, 0.15) is 11.5 Å². The molecule has 0 aliphatic rings. The fraction of sp³-hybridized carbons (Fsp3) is 0.286. The van der Waals surface area contributed by atoms with Crippen LogP contribution < -0.4 is 10.5 Å². The first-order chi connectivity index (χ1) is 8.34. The minimum atomic E-state index is 0.0739. The molecule has 3 nitrogen and oxygen atoms in total. The third kappa shape index (κ3) is 3.96. The summed E-state index contributed by atoms with van der Waals surface area (Å²) in [7, 11) is 0. The molecule has 90 valence electrons. The number of hydrogen-bond acceptors (Lipinski definition) is 3. The molecular formula is C14H17NO2. The minimum absolute atomic E-state index is 0.0739. The number of furan rings is 1. The Hall–Kier alpha value is -1.74. The standard InChI is InChI=1S/C14H17NO2/c15-12(11-14-7-4-9-16-14)8-10-17-13-5-2-1-3-6-13/h1-7,9,12H,8,10-11,15H2. The summed E-state index contributed by atoms with van der Waals surface area (Å²) >= 11 is 0. The second-order valence-corrected chi connectivity index (χ2v) is 3.99. The van der Waals surface area contributed by atoms with Crippen molar-refractivity contribution in [3.63, 3.8) is 0 Å². The van der Waals surface area contributed by atoms with Gasteiger partial charge in [-0.1, -0.05) is 18.2 Å². The van der Waals surface area contributed by atoms with E-state index in [-0.39, 0.29) is 6.04 Å². The Labute approximate surface area is 101 Å². The molecule has 1 atom stereocenters. The van der Waals surface area contributed by atoms with Gasteiger partial charge in [-0.05, 0) is 30.7 Å². The van der Waals surface area contributed by atoms with Gasteiger partial charge in [0.05, 0.1) is 12.9 Å². The van der Waals surface area contributed by atoms with Crippen molar-refractivity contribution >= 4 is 0 Å². The summed E-state index contributed by atoms with van der Waals surface area (Å²) in [6.45, 7) is 0.631. The van der Waals surface area contributed by atoms with Gasteiger partial charge in [-0.25, -0.2) is 0 Å². The Morgan fingerprint density at radius 1 is 1.12 bits per heavy atom. The van der Waals surface area contributed by atoms with Crippen molar-refractivity contribution in [3.05, 3.63) is 54.5 Å². The Morgan fingerprint density at radius 2 is 1.94 bits per heavy atom. The van der Waals surface area contributed by atoms with Crippen LogP contribution in [-0.4, -0.2) is 12.6 Å². The summed E-state index contributed by atoms with van der Waals surface area (Å²) in [6, 6.07) is 13.7. The van der Waals surface area contributed by atoms with Gasteiger partial charge >= 0.3 is 0 Å². The molecule has 0 radical (unpaired) electrons. The lowest BCUT2D eigenvalue weighted by Crippen LogP contribution is -2.25. The van der Waals surface area contributed by atoms with Gasteiger partial charge in [-0.3, -0.25) is 0 Å². The van der Waals surface area contributed by atoms with Gasteiger partial charge in [0.25, 0.3) is 0 Å². The van der Waals surface area contributed by atoms with Crippen LogP contribution in [0.15, 0.2) is 53.1 Å². The molecule has 17 heavy (non-hydrogen) atoms. The van der Waals surface area contributed by atoms with Gasteiger partial charge in [-0.15, -0.1) is 0 Å². The maximum absolute atomic E-state index is 5.99. The van der Waals surface area contributed by atoms with Crippen LogP contribution in [0.3, 0.4) is 0 Å². The second-order valence-electron chi connectivity index (χ2n) is 3.99. The average molecular weight is 231 g/mol. The maximum Gasteiger partial charge on any atom is 0.119 e. The van der Waals surface area contributed by atoms with Crippen molar-refractivity contribution in [1.82, 2.24) is 0 Å². The molecule has 0 aliphatic heterocycles. The van der Waals surface area contributed by atoms with E-state index in [0.717, 1.165) is 24.4 Å². The summed E-state index contributed by atoms with van der Waals surface area (Å²) in [5.74, 6) is 1.81. The molecule has 0 aliphatic carbocycles. The lowest BCUT2D eigenvalue weighted by Gasteiger charge is -2.11. The molecule has 1 aromatic carbocycles. The predicted octanol–water partition coefficient (Wildman–Crippen LogP) is 2.62. The van der Waals surface area contributed by atoms with Crippen LogP contribution in [0.4, 0.5) is 0 Å². The van der Waals surface area contributed by atoms with Crippen LogP contribution in [0.2, 0.25) is 0 Å². The van der Waals surface area contributed by atoms with Crippen LogP contribution in [0, 0.1) is 0 Å². The second kappa shape index (κ2) is 6.11. The Morgan fingerprint density at radius 3 is 2.65 bits per heavy atom. The van der Waals surface area contributed by atoms with Gasteiger partial charge < -0.3 is 14.9 Å². The number of rotatable bonds is 6. The van der Waals surface area contributed by atoms with Crippen molar-refractivity contribution in [2.45, 2.75) is 18.9 Å². The monoisotopic (exact) mass is 231 g/mol. The van der Waals surface area contributed by atoms with E-state index in [1.165, 1.54) is 0 Å². The number of nitrogens with two attached hydrogens (primary N) is 1. The van der Waals surface area contributed by atoms with Crippen LogP contribution >= 0.6 is 0 Å². The first-order valence-corrected chi connectivity index (χ1v) is 5.80. The summed E-state index contributed by atoms with van der Waals surface area (Å²) in [5.41, 5.74) is 5.99. The zero-order valence-electron chi connectivity index (χ0n) is 9.71. The van der Waals surface area contributed by atoms with E-state index in [1.54, 1.807) is 6.26 Å². The minimum Gasteiger partial charge on any atom is -0.494 e. The average Bonchev–Trinajstić information content (AvgIpc) is 2.83. The normalized spacial score (nSPS) is 12.3. The van der Waals surface area contributed by atoms with E-state index in [2.05, 4.69) is 0 Å². The van der Waals surface area contributed by atoms with Crippen molar-refractivity contribution in [1.29, 1.82) is 0 Å². The van der Waals surface area contributed by atoms with Crippen molar-refractivity contribution in [2.75, 3.05) is 6.61 Å². The van der Waals surface area contributed by atoms with E-state index in [4.69, 9.17) is 14.9 Å². The van der Waals surface area contributed by atoms with Crippen molar-refractivity contribution in [2.24, 2.45) is 5.73 Å². The maximum atomic E-state index is 5.99. The Kier molecular flexibility index (Phi) is 4.22.